The molecule has 2 heterocycles. The summed E-state index contributed by atoms with van der Waals surface area (Å²) in [7, 11) is 1.73. The minimum atomic E-state index is -1.16. The first kappa shape index (κ1) is 31.7. The maximum atomic E-state index is 13.4. The number of thioether (sulfide) groups is 1. The van der Waals surface area contributed by atoms with Gasteiger partial charge in [0.15, 0.2) is 5.16 Å². The second-order valence-corrected chi connectivity index (χ2v) is 10.9. The molecule has 1 unspecified atom stereocenters. The average molecular weight is 586 g/mol. The van der Waals surface area contributed by atoms with Crippen molar-refractivity contribution in [2.45, 2.75) is 75.2 Å². The van der Waals surface area contributed by atoms with Gasteiger partial charge in [-0.05, 0) is 29.7 Å². The fourth-order valence-electron chi connectivity index (χ4n) is 4.34. The fourth-order valence-corrected chi connectivity index (χ4v) is 5.25. The number of H-pyrrole nitrogens is 1. The van der Waals surface area contributed by atoms with Crippen molar-refractivity contribution in [1.82, 2.24) is 24.4 Å². The topological polar surface area (TPSA) is 138 Å². The third-order valence-corrected chi connectivity index (χ3v) is 7.76. The molecule has 3 rings (SSSR count). The van der Waals surface area contributed by atoms with E-state index < -0.39 is 29.6 Å². The Hall–Kier alpha value is -3.80. The largest absolute Gasteiger partial charge is 0.481 e. The summed E-state index contributed by atoms with van der Waals surface area (Å²) in [5.41, 5.74) is -0.0524. The average Bonchev–Trinajstić information content (AvgIpc) is 2.94. The Morgan fingerprint density at radius 1 is 1.12 bits per heavy atom. The second-order valence-electron chi connectivity index (χ2n) is 9.91. The summed E-state index contributed by atoms with van der Waals surface area (Å²) in [5, 5.41) is 9.84. The van der Waals surface area contributed by atoms with Gasteiger partial charge >= 0.3 is 11.7 Å². The molecule has 0 aliphatic heterocycles. The van der Waals surface area contributed by atoms with Crippen LogP contribution in [0.3, 0.4) is 0 Å². The number of nitrogens with one attached hydrogen (secondary N) is 1. The third-order valence-electron chi connectivity index (χ3n) is 6.69. The summed E-state index contributed by atoms with van der Waals surface area (Å²) >= 11 is 1.22. The van der Waals surface area contributed by atoms with Crippen molar-refractivity contribution in [2.24, 2.45) is 0 Å². The van der Waals surface area contributed by atoms with Crippen molar-refractivity contribution in [3.63, 3.8) is 0 Å². The predicted octanol–water partition coefficient (Wildman–Crippen LogP) is 4.18. The van der Waals surface area contributed by atoms with Crippen LogP contribution in [0, 0.1) is 5.82 Å². The van der Waals surface area contributed by atoms with Gasteiger partial charge in [-0.3, -0.25) is 14.4 Å². The van der Waals surface area contributed by atoms with Crippen LogP contribution in [-0.4, -0.2) is 55.0 Å². The van der Waals surface area contributed by atoms with E-state index in [2.05, 4.69) is 21.9 Å². The molecule has 1 aromatic carbocycles. The van der Waals surface area contributed by atoms with Crippen molar-refractivity contribution in [2.75, 3.05) is 13.6 Å². The van der Waals surface area contributed by atoms with Crippen LogP contribution in [0.25, 0.3) is 0 Å². The van der Waals surface area contributed by atoms with Gasteiger partial charge in [0.05, 0.1) is 6.42 Å². The normalized spacial score (nSPS) is 11.8. The van der Waals surface area contributed by atoms with Crippen LogP contribution in [0.2, 0.25) is 0 Å². The highest BCUT2D eigenvalue weighted by molar-refractivity contribution is 7.98. The minimum absolute atomic E-state index is 0.0683. The lowest BCUT2D eigenvalue weighted by atomic mass is 9.92. The molecule has 41 heavy (non-hydrogen) atoms. The molecule has 1 amide bonds. The van der Waals surface area contributed by atoms with E-state index in [4.69, 9.17) is 0 Å². The highest BCUT2D eigenvalue weighted by Gasteiger charge is 2.24. The second kappa shape index (κ2) is 15.8. The standard InChI is InChI=1S/C29H36FN5O5S/c1-3-4-5-6-7-8-13-34(2)25(36)18-35-17-24(23(14-26(37)38)21-15-31-28(40)32-16-21)27(39)33-29(35)41-19-20-9-11-22(30)12-10-20/h9-12,15-17,23H,3-8,13-14,18-19H2,1-2H3,(H,37,38)(H,31,32,40). The summed E-state index contributed by atoms with van der Waals surface area (Å²) in [5.74, 6) is -2.28. The van der Waals surface area contributed by atoms with Gasteiger partial charge in [0, 0.05) is 49.4 Å². The van der Waals surface area contributed by atoms with E-state index in [1.165, 1.54) is 61.7 Å². The number of hydrogen-bond donors (Lipinski definition) is 2. The molecule has 0 aliphatic rings. The van der Waals surface area contributed by atoms with Crippen LogP contribution in [0.4, 0.5) is 4.39 Å². The van der Waals surface area contributed by atoms with Gasteiger partial charge in [-0.15, -0.1) is 0 Å². The monoisotopic (exact) mass is 585 g/mol. The Kier molecular flexibility index (Phi) is 12.3. The summed E-state index contributed by atoms with van der Waals surface area (Å²) in [4.78, 5) is 61.6. The highest BCUT2D eigenvalue weighted by Crippen LogP contribution is 2.27. The number of aromatic nitrogens is 4. The summed E-state index contributed by atoms with van der Waals surface area (Å²) in [6.07, 6.45) is 10.2. The van der Waals surface area contributed by atoms with Gasteiger partial charge in [0.25, 0.3) is 5.56 Å². The predicted molar refractivity (Wildman–Crippen MR) is 154 cm³/mol. The van der Waals surface area contributed by atoms with Gasteiger partial charge in [-0.25, -0.2) is 14.2 Å². The molecule has 0 radical (unpaired) electrons. The van der Waals surface area contributed by atoms with Gasteiger partial charge in [-0.2, -0.15) is 4.98 Å². The van der Waals surface area contributed by atoms with Crippen LogP contribution in [0.15, 0.2) is 57.6 Å². The van der Waals surface area contributed by atoms with Crippen LogP contribution < -0.4 is 11.2 Å². The van der Waals surface area contributed by atoms with Crippen molar-refractivity contribution in [3.8, 4) is 0 Å². The lowest BCUT2D eigenvalue weighted by molar-refractivity contribution is -0.137. The van der Waals surface area contributed by atoms with E-state index in [1.807, 2.05) is 0 Å². The van der Waals surface area contributed by atoms with Crippen LogP contribution in [0.5, 0.6) is 0 Å². The van der Waals surface area contributed by atoms with Crippen molar-refractivity contribution in [3.05, 3.63) is 86.2 Å². The number of benzene rings is 1. The molecule has 2 aromatic heterocycles. The molecule has 220 valence electrons. The number of carboxylic acid groups (broad SMARTS) is 1. The van der Waals surface area contributed by atoms with Gasteiger partial charge in [-0.1, -0.05) is 62.9 Å². The molecule has 1 atom stereocenters. The zero-order valence-electron chi connectivity index (χ0n) is 23.3. The lowest BCUT2D eigenvalue weighted by Crippen LogP contribution is -2.33. The first-order chi connectivity index (χ1) is 19.7. The number of nitrogens with zero attached hydrogens (tertiary/aromatic N) is 4. The molecule has 0 saturated carbocycles. The number of aromatic amines is 1. The first-order valence-corrected chi connectivity index (χ1v) is 14.7. The number of halogens is 1. The summed E-state index contributed by atoms with van der Waals surface area (Å²) < 4.78 is 14.9. The number of amides is 1. The molecule has 0 aliphatic carbocycles. The van der Waals surface area contributed by atoms with E-state index in [1.54, 1.807) is 28.6 Å². The molecule has 10 nitrogen and oxygen atoms in total. The fraction of sp³-hybridized carbons (Fsp3) is 0.448. The van der Waals surface area contributed by atoms with Crippen LogP contribution >= 0.6 is 11.8 Å². The van der Waals surface area contributed by atoms with Gasteiger partial charge in [0.2, 0.25) is 5.91 Å². The summed E-state index contributed by atoms with van der Waals surface area (Å²) in [6.45, 7) is 2.65. The maximum Gasteiger partial charge on any atom is 0.344 e. The molecule has 0 spiro atoms. The number of aliphatic carboxylic acids is 1. The molecular weight excluding hydrogens is 549 g/mol. The molecular formula is C29H36FN5O5S. The number of carboxylic acids is 1. The number of carbonyl (C=O) groups excluding carboxylic acids is 1. The molecule has 0 saturated heterocycles. The lowest BCUT2D eigenvalue weighted by Gasteiger charge is -2.21. The molecule has 0 bridgehead atoms. The Morgan fingerprint density at radius 3 is 2.49 bits per heavy atom. The Labute approximate surface area is 242 Å². The number of likely N-dealkylation sites (N-methyl/N-ethyl adjacent to an activating group) is 1. The first-order valence-electron chi connectivity index (χ1n) is 13.7. The van der Waals surface area contributed by atoms with Crippen molar-refractivity contribution in [1.29, 1.82) is 0 Å². The molecule has 0 fully saturated rings. The maximum absolute atomic E-state index is 13.4. The SMILES string of the molecule is CCCCCCCCN(C)C(=O)Cn1cc(C(CC(=O)O)c2cnc(=O)[nH]c2)c(=O)nc1SCc1ccc(F)cc1. The Morgan fingerprint density at radius 2 is 1.83 bits per heavy atom. The van der Waals surface area contributed by atoms with Crippen molar-refractivity contribution >= 4 is 23.6 Å². The number of rotatable bonds is 16. The van der Waals surface area contributed by atoms with E-state index in [0.29, 0.717) is 17.9 Å². The smallest absolute Gasteiger partial charge is 0.344 e. The minimum Gasteiger partial charge on any atom is -0.481 e. The van der Waals surface area contributed by atoms with E-state index >= 15 is 0 Å². The van der Waals surface area contributed by atoms with E-state index in [-0.39, 0.29) is 29.0 Å². The molecule has 2 N–H and O–H groups in total. The van der Waals surface area contributed by atoms with Gasteiger partial charge in [0.1, 0.15) is 12.4 Å². The van der Waals surface area contributed by atoms with Crippen LogP contribution in [0.1, 0.15) is 74.5 Å². The zero-order chi connectivity index (χ0) is 29.8. The Balaban J connectivity index is 1.89. The number of hydrogen-bond acceptors (Lipinski definition) is 7. The van der Waals surface area contributed by atoms with E-state index in [0.717, 1.165) is 24.8 Å². The molecule has 3 aromatic rings. The molecule has 12 heteroatoms. The quantitative estimate of drug-likeness (QED) is 0.145. The zero-order valence-corrected chi connectivity index (χ0v) is 24.2. The third kappa shape index (κ3) is 9.96. The van der Waals surface area contributed by atoms with Crippen molar-refractivity contribution < 1.29 is 19.1 Å². The summed E-state index contributed by atoms with van der Waals surface area (Å²) in [6, 6.07) is 5.94. The van der Waals surface area contributed by atoms with E-state index in [9.17, 15) is 28.7 Å². The Bertz CT molecular complexity index is 1410. The van der Waals surface area contributed by atoms with Gasteiger partial charge < -0.3 is 19.6 Å². The highest BCUT2D eigenvalue weighted by atomic mass is 32.2. The number of carbonyl (C=O) groups is 2. The number of unbranched alkanes of at least 4 members (excludes halogenated alkanes) is 5. The van der Waals surface area contributed by atoms with Crippen LogP contribution in [-0.2, 0) is 21.9 Å².